The van der Waals surface area contributed by atoms with E-state index in [1.54, 1.807) is 6.07 Å². The zero-order valence-corrected chi connectivity index (χ0v) is 13.0. The van der Waals surface area contributed by atoms with Crippen molar-refractivity contribution in [1.29, 1.82) is 0 Å². The van der Waals surface area contributed by atoms with Gasteiger partial charge in [-0.2, -0.15) is 5.10 Å². The molecule has 4 nitrogen and oxygen atoms in total. The van der Waals surface area contributed by atoms with E-state index >= 15 is 0 Å². The van der Waals surface area contributed by atoms with Gasteiger partial charge in [0.05, 0.1) is 11.2 Å². The SMILES string of the molecule is Oc1c(Cl)cc(Cl)cc1C=NNC(=S)Nc1ccccc1. The van der Waals surface area contributed by atoms with Crippen LogP contribution < -0.4 is 10.7 Å². The third kappa shape index (κ3) is 4.60. The van der Waals surface area contributed by atoms with Crippen molar-refractivity contribution in [2.45, 2.75) is 0 Å². The highest BCUT2D eigenvalue weighted by atomic mass is 35.5. The minimum Gasteiger partial charge on any atom is -0.506 e. The Morgan fingerprint density at radius 1 is 1.19 bits per heavy atom. The quantitative estimate of drug-likeness (QED) is 0.449. The van der Waals surface area contributed by atoms with Crippen LogP contribution in [0, 0.1) is 0 Å². The van der Waals surface area contributed by atoms with Gasteiger partial charge in [0.15, 0.2) is 5.11 Å². The van der Waals surface area contributed by atoms with Gasteiger partial charge in [-0.05, 0) is 36.5 Å². The van der Waals surface area contributed by atoms with E-state index in [2.05, 4.69) is 15.8 Å². The number of phenols is 1. The molecular weight excluding hydrogens is 329 g/mol. The van der Waals surface area contributed by atoms with Crippen molar-refractivity contribution in [3.8, 4) is 5.75 Å². The highest BCUT2D eigenvalue weighted by Gasteiger charge is 2.05. The van der Waals surface area contributed by atoms with Crippen LogP contribution in [0.2, 0.25) is 10.0 Å². The molecule has 0 atom stereocenters. The van der Waals surface area contributed by atoms with Gasteiger partial charge in [-0.25, -0.2) is 0 Å². The number of anilines is 1. The smallest absolute Gasteiger partial charge is 0.191 e. The molecule has 2 aromatic rings. The molecule has 3 N–H and O–H groups in total. The number of phenolic OH excluding ortho intramolecular Hbond substituents is 1. The molecule has 0 fully saturated rings. The number of thiocarbonyl (C=S) groups is 1. The molecule has 0 aromatic heterocycles. The second kappa shape index (κ2) is 7.26. The van der Waals surface area contributed by atoms with Crippen molar-refractivity contribution in [2.75, 3.05) is 5.32 Å². The highest BCUT2D eigenvalue weighted by Crippen LogP contribution is 2.29. The molecule has 0 saturated carbocycles. The molecule has 0 aliphatic rings. The molecule has 0 saturated heterocycles. The molecule has 2 rings (SSSR count). The predicted molar refractivity (Wildman–Crippen MR) is 91.5 cm³/mol. The minimum atomic E-state index is -0.0893. The summed E-state index contributed by atoms with van der Waals surface area (Å²) in [5.74, 6) is -0.0893. The van der Waals surface area contributed by atoms with Gasteiger partial charge in [-0.3, -0.25) is 5.43 Å². The van der Waals surface area contributed by atoms with Crippen LogP contribution in [-0.2, 0) is 0 Å². The molecule has 108 valence electrons. The number of para-hydroxylation sites is 1. The van der Waals surface area contributed by atoms with E-state index in [1.807, 2.05) is 30.3 Å². The minimum absolute atomic E-state index is 0.0893. The first-order chi connectivity index (χ1) is 10.1. The second-order valence-electron chi connectivity index (χ2n) is 4.02. The summed E-state index contributed by atoms with van der Waals surface area (Å²) < 4.78 is 0. The van der Waals surface area contributed by atoms with E-state index in [0.29, 0.717) is 15.7 Å². The summed E-state index contributed by atoms with van der Waals surface area (Å²) in [6.07, 6.45) is 1.38. The molecule has 0 radical (unpaired) electrons. The molecule has 0 bridgehead atoms. The Morgan fingerprint density at radius 3 is 2.62 bits per heavy atom. The first kappa shape index (κ1) is 15.6. The highest BCUT2D eigenvalue weighted by molar-refractivity contribution is 7.80. The number of nitrogens with zero attached hydrogens (tertiary/aromatic N) is 1. The first-order valence-electron chi connectivity index (χ1n) is 5.89. The van der Waals surface area contributed by atoms with Gasteiger partial charge in [-0.15, -0.1) is 0 Å². The Labute approximate surface area is 137 Å². The number of nitrogens with one attached hydrogen (secondary N) is 2. The largest absolute Gasteiger partial charge is 0.506 e. The third-order valence-electron chi connectivity index (χ3n) is 2.46. The van der Waals surface area contributed by atoms with Crippen molar-refractivity contribution in [3.63, 3.8) is 0 Å². The number of hydrazone groups is 1. The van der Waals surface area contributed by atoms with Crippen molar-refractivity contribution < 1.29 is 5.11 Å². The zero-order valence-electron chi connectivity index (χ0n) is 10.7. The maximum Gasteiger partial charge on any atom is 0.191 e. The topological polar surface area (TPSA) is 56.7 Å². The van der Waals surface area contributed by atoms with E-state index in [-0.39, 0.29) is 10.8 Å². The second-order valence-corrected chi connectivity index (χ2v) is 5.27. The van der Waals surface area contributed by atoms with Crippen molar-refractivity contribution in [3.05, 3.63) is 58.1 Å². The molecule has 7 heteroatoms. The molecule has 0 aliphatic carbocycles. The van der Waals surface area contributed by atoms with E-state index < -0.39 is 0 Å². The Morgan fingerprint density at radius 2 is 1.90 bits per heavy atom. The van der Waals surface area contributed by atoms with E-state index in [9.17, 15) is 5.11 Å². The lowest BCUT2D eigenvalue weighted by Crippen LogP contribution is -2.23. The number of aromatic hydroxyl groups is 1. The van der Waals surface area contributed by atoms with Crippen LogP contribution in [-0.4, -0.2) is 16.4 Å². The zero-order chi connectivity index (χ0) is 15.2. The van der Waals surface area contributed by atoms with Gasteiger partial charge in [0.2, 0.25) is 0 Å². The lowest BCUT2D eigenvalue weighted by Gasteiger charge is -2.06. The average molecular weight is 340 g/mol. The van der Waals surface area contributed by atoms with Crippen molar-refractivity contribution in [2.24, 2.45) is 5.10 Å². The summed E-state index contributed by atoms with van der Waals surface area (Å²) in [7, 11) is 0. The van der Waals surface area contributed by atoms with E-state index in [1.165, 1.54) is 12.3 Å². The van der Waals surface area contributed by atoms with Crippen LogP contribution in [0.1, 0.15) is 5.56 Å². The van der Waals surface area contributed by atoms with Crippen molar-refractivity contribution in [1.82, 2.24) is 5.43 Å². The van der Waals surface area contributed by atoms with Crippen LogP contribution >= 0.6 is 35.4 Å². The van der Waals surface area contributed by atoms with Gasteiger partial charge in [-0.1, -0.05) is 41.4 Å². The molecule has 0 amide bonds. The molecular formula is C14H11Cl2N3OS. The van der Waals surface area contributed by atoms with Gasteiger partial charge in [0.1, 0.15) is 5.75 Å². The summed E-state index contributed by atoms with van der Waals surface area (Å²) in [6, 6.07) is 12.4. The normalized spacial score (nSPS) is 10.6. The molecule has 21 heavy (non-hydrogen) atoms. The number of benzene rings is 2. The predicted octanol–water partition coefficient (Wildman–Crippen LogP) is 4.02. The monoisotopic (exact) mass is 339 g/mol. The lowest BCUT2D eigenvalue weighted by atomic mass is 10.2. The number of hydrogen-bond acceptors (Lipinski definition) is 3. The number of rotatable bonds is 3. The maximum atomic E-state index is 9.76. The molecule has 2 aromatic carbocycles. The molecule has 0 unspecified atom stereocenters. The van der Waals surface area contributed by atoms with Crippen LogP contribution in [0.3, 0.4) is 0 Å². The molecule has 0 spiro atoms. The summed E-state index contributed by atoms with van der Waals surface area (Å²) in [5, 5.41) is 17.5. The van der Waals surface area contributed by atoms with E-state index in [0.717, 1.165) is 5.69 Å². The fraction of sp³-hybridized carbons (Fsp3) is 0. The van der Waals surface area contributed by atoms with Crippen LogP contribution in [0.5, 0.6) is 5.75 Å². The Balaban J connectivity index is 1.98. The van der Waals surface area contributed by atoms with Crippen LogP contribution in [0.25, 0.3) is 0 Å². The standard InChI is InChI=1S/C14H11Cl2N3OS/c15-10-6-9(13(20)12(16)7-10)8-17-19-14(21)18-11-4-2-1-3-5-11/h1-8,20H,(H2,18,19,21). The number of hydrogen-bond donors (Lipinski definition) is 3. The van der Waals surface area contributed by atoms with Crippen LogP contribution in [0.15, 0.2) is 47.6 Å². The summed E-state index contributed by atoms with van der Waals surface area (Å²) in [4.78, 5) is 0. The average Bonchev–Trinajstić information content (AvgIpc) is 2.45. The summed E-state index contributed by atoms with van der Waals surface area (Å²) in [5.41, 5.74) is 3.88. The maximum absolute atomic E-state index is 9.76. The van der Waals surface area contributed by atoms with Gasteiger partial charge < -0.3 is 10.4 Å². The summed E-state index contributed by atoms with van der Waals surface area (Å²) in [6.45, 7) is 0. The number of halogens is 2. The van der Waals surface area contributed by atoms with Crippen molar-refractivity contribution >= 4 is 52.4 Å². The lowest BCUT2D eigenvalue weighted by molar-refractivity contribution is 0.474. The molecule has 0 heterocycles. The fourth-order valence-electron chi connectivity index (χ4n) is 1.53. The Hall–Kier alpha value is -1.82. The van der Waals surface area contributed by atoms with E-state index in [4.69, 9.17) is 35.4 Å². The van der Waals surface area contributed by atoms with Gasteiger partial charge in [0, 0.05) is 16.3 Å². The van der Waals surface area contributed by atoms with Crippen LogP contribution in [0.4, 0.5) is 5.69 Å². The third-order valence-corrected chi connectivity index (χ3v) is 3.16. The Bertz CT molecular complexity index is 677. The fourth-order valence-corrected chi connectivity index (χ4v) is 2.20. The summed E-state index contributed by atoms with van der Waals surface area (Å²) >= 11 is 16.8. The molecule has 0 aliphatic heterocycles. The van der Waals surface area contributed by atoms with Gasteiger partial charge in [0.25, 0.3) is 0 Å². The Kier molecular flexibility index (Phi) is 5.38. The van der Waals surface area contributed by atoms with Gasteiger partial charge >= 0.3 is 0 Å². The first-order valence-corrected chi connectivity index (χ1v) is 7.06.